The van der Waals surface area contributed by atoms with Crippen LogP contribution in [0.25, 0.3) is 0 Å². The summed E-state index contributed by atoms with van der Waals surface area (Å²) in [5.41, 5.74) is 4.15. The van der Waals surface area contributed by atoms with Gasteiger partial charge in [-0.05, 0) is 74.5 Å². The lowest BCUT2D eigenvalue weighted by atomic mass is 9.49. The van der Waals surface area contributed by atoms with Crippen LogP contribution in [0.1, 0.15) is 64.2 Å². The Morgan fingerprint density at radius 3 is 2.05 bits per heavy atom. The maximum atomic E-state index is 5.72. The second kappa shape index (κ2) is 5.24. The number of nitrogens with one attached hydrogen (secondary N) is 1. The van der Waals surface area contributed by atoms with Crippen LogP contribution >= 0.6 is 12.2 Å². The summed E-state index contributed by atoms with van der Waals surface area (Å²) in [4.78, 5) is 1.13. The van der Waals surface area contributed by atoms with E-state index < -0.39 is 0 Å². The molecule has 1 N–H and O–H groups in total. The topological polar surface area (TPSA) is 15.3 Å². The van der Waals surface area contributed by atoms with Gasteiger partial charge in [-0.1, -0.05) is 18.6 Å². The number of hydrogen-bond donors (Lipinski definition) is 1. The van der Waals surface area contributed by atoms with Gasteiger partial charge in [-0.3, -0.25) is 0 Å². The summed E-state index contributed by atoms with van der Waals surface area (Å²) in [6, 6.07) is 0. The lowest BCUT2D eigenvalue weighted by Crippen LogP contribution is -2.50. The Morgan fingerprint density at radius 2 is 1.50 bits per heavy atom. The fraction of sp³-hybridized carbons (Fsp3) is 0.941. The molecule has 112 valence electrons. The van der Waals surface area contributed by atoms with Gasteiger partial charge in [0.25, 0.3) is 0 Å². The first kappa shape index (κ1) is 13.5. The molecular weight excluding hydrogens is 264 g/mol. The van der Waals surface area contributed by atoms with Gasteiger partial charge in [0.15, 0.2) is 0 Å². The van der Waals surface area contributed by atoms with Gasteiger partial charge in [-0.15, -0.1) is 0 Å². The summed E-state index contributed by atoms with van der Waals surface area (Å²) < 4.78 is 0. The molecule has 4 saturated carbocycles. The van der Waals surface area contributed by atoms with Crippen molar-refractivity contribution in [1.82, 2.24) is 10.4 Å². The van der Waals surface area contributed by atoms with Crippen molar-refractivity contribution >= 4 is 17.2 Å². The molecular formula is C17H28N2S. The van der Waals surface area contributed by atoms with Gasteiger partial charge in [0.05, 0.1) is 4.99 Å². The van der Waals surface area contributed by atoms with Crippen molar-refractivity contribution in [2.75, 3.05) is 13.1 Å². The van der Waals surface area contributed by atoms with Crippen LogP contribution in [0.3, 0.4) is 0 Å². The van der Waals surface area contributed by atoms with Crippen LogP contribution < -0.4 is 5.43 Å². The predicted octanol–water partition coefficient (Wildman–Crippen LogP) is 3.91. The van der Waals surface area contributed by atoms with Gasteiger partial charge in [-0.2, -0.15) is 0 Å². The highest BCUT2D eigenvalue weighted by Gasteiger charge is 2.50. The average Bonchev–Trinajstić information content (AvgIpc) is 2.37. The first-order valence-corrected chi connectivity index (χ1v) is 9.16. The summed E-state index contributed by atoms with van der Waals surface area (Å²) in [6.07, 6.45) is 14.2. The summed E-state index contributed by atoms with van der Waals surface area (Å²) in [5.74, 6) is 3.12. The molecule has 1 aliphatic heterocycles. The minimum atomic E-state index is 0.592. The number of hydrazine groups is 1. The fourth-order valence-electron chi connectivity index (χ4n) is 6.07. The number of rotatable bonds is 3. The van der Waals surface area contributed by atoms with E-state index in [0.29, 0.717) is 5.41 Å². The molecule has 5 aliphatic rings. The van der Waals surface area contributed by atoms with Gasteiger partial charge in [0.2, 0.25) is 0 Å². The van der Waals surface area contributed by atoms with E-state index in [1.54, 1.807) is 0 Å². The van der Waals surface area contributed by atoms with E-state index >= 15 is 0 Å². The molecule has 2 nitrogen and oxygen atoms in total. The number of nitrogens with zero attached hydrogens (tertiary/aromatic N) is 1. The van der Waals surface area contributed by atoms with Crippen molar-refractivity contribution in [2.24, 2.45) is 23.2 Å². The maximum Gasteiger partial charge on any atom is 0.0902 e. The molecule has 0 unspecified atom stereocenters. The normalized spacial score (nSPS) is 43.7. The third kappa shape index (κ3) is 2.64. The molecule has 0 aromatic rings. The van der Waals surface area contributed by atoms with Crippen LogP contribution in [0.5, 0.6) is 0 Å². The van der Waals surface area contributed by atoms with Gasteiger partial charge in [0, 0.05) is 19.5 Å². The molecule has 3 heteroatoms. The Balaban J connectivity index is 1.37. The molecule has 4 aliphatic carbocycles. The van der Waals surface area contributed by atoms with E-state index in [4.69, 9.17) is 12.2 Å². The van der Waals surface area contributed by atoms with E-state index in [0.717, 1.165) is 22.7 Å². The number of hydrogen-bond acceptors (Lipinski definition) is 2. The number of thiocarbonyl (C=S) groups is 1. The third-order valence-corrected chi connectivity index (χ3v) is 6.58. The Kier molecular flexibility index (Phi) is 3.54. The standard InChI is InChI=1S/C17H28N2S/c20-16(18-19-4-2-1-3-5-19)12-17-9-13-6-14(10-17)8-15(7-13)11-17/h13-15H,1-12H2,(H,18,20). The lowest BCUT2D eigenvalue weighted by molar-refractivity contribution is -0.0487. The molecule has 20 heavy (non-hydrogen) atoms. The van der Waals surface area contributed by atoms with E-state index in [9.17, 15) is 0 Å². The fourth-order valence-corrected chi connectivity index (χ4v) is 6.50. The Morgan fingerprint density at radius 1 is 0.950 bits per heavy atom. The molecule has 0 spiro atoms. The molecule has 1 heterocycles. The SMILES string of the molecule is S=C(CC12CC3CC(CC(C3)C1)C2)NN1CCCCC1. The molecule has 0 aromatic carbocycles. The second-order valence-electron chi connectivity index (χ2n) is 8.18. The van der Waals surface area contributed by atoms with E-state index in [1.807, 2.05) is 0 Å². The molecule has 0 atom stereocenters. The quantitative estimate of drug-likeness (QED) is 0.794. The van der Waals surface area contributed by atoms with Crippen molar-refractivity contribution in [1.29, 1.82) is 0 Å². The first-order chi connectivity index (χ1) is 9.71. The Hall–Kier alpha value is -0.150. The van der Waals surface area contributed by atoms with Crippen molar-refractivity contribution in [3.63, 3.8) is 0 Å². The van der Waals surface area contributed by atoms with E-state index in [1.165, 1.54) is 77.3 Å². The highest BCUT2D eigenvalue weighted by molar-refractivity contribution is 7.80. The maximum absolute atomic E-state index is 5.72. The monoisotopic (exact) mass is 292 g/mol. The van der Waals surface area contributed by atoms with Crippen LogP contribution in [0.4, 0.5) is 0 Å². The largest absolute Gasteiger partial charge is 0.313 e. The smallest absolute Gasteiger partial charge is 0.0902 e. The summed E-state index contributed by atoms with van der Waals surface area (Å²) in [6.45, 7) is 2.36. The van der Waals surface area contributed by atoms with Gasteiger partial charge < -0.3 is 5.43 Å². The lowest BCUT2D eigenvalue weighted by Gasteiger charge is -2.57. The number of piperidine rings is 1. The summed E-state index contributed by atoms with van der Waals surface area (Å²) in [5, 5.41) is 2.37. The Labute approximate surface area is 128 Å². The molecule has 0 radical (unpaired) electrons. The minimum absolute atomic E-state index is 0.592. The van der Waals surface area contributed by atoms with E-state index in [-0.39, 0.29) is 0 Å². The minimum Gasteiger partial charge on any atom is -0.313 e. The highest BCUT2D eigenvalue weighted by Crippen LogP contribution is 2.61. The van der Waals surface area contributed by atoms with Crippen molar-refractivity contribution < 1.29 is 0 Å². The zero-order valence-corrected chi connectivity index (χ0v) is 13.4. The second-order valence-corrected chi connectivity index (χ2v) is 8.67. The molecule has 4 bridgehead atoms. The van der Waals surface area contributed by atoms with Gasteiger partial charge >= 0.3 is 0 Å². The summed E-state index contributed by atoms with van der Waals surface area (Å²) >= 11 is 5.72. The summed E-state index contributed by atoms with van der Waals surface area (Å²) in [7, 11) is 0. The van der Waals surface area contributed by atoms with Crippen LogP contribution in [-0.4, -0.2) is 23.1 Å². The Bertz CT molecular complexity index is 351. The third-order valence-electron chi connectivity index (χ3n) is 6.34. The molecule has 1 saturated heterocycles. The molecule has 0 amide bonds. The van der Waals surface area contributed by atoms with Crippen molar-refractivity contribution in [3.8, 4) is 0 Å². The predicted molar refractivity (Wildman–Crippen MR) is 86.4 cm³/mol. The molecule has 5 rings (SSSR count). The zero-order chi connectivity index (χ0) is 13.6. The first-order valence-electron chi connectivity index (χ1n) is 8.75. The van der Waals surface area contributed by atoms with Crippen molar-refractivity contribution in [2.45, 2.75) is 64.2 Å². The van der Waals surface area contributed by atoms with E-state index in [2.05, 4.69) is 10.4 Å². The molecule has 0 aromatic heterocycles. The van der Waals surface area contributed by atoms with Gasteiger partial charge in [-0.25, -0.2) is 5.01 Å². The van der Waals surface area contributed by atoms with Crippen molar-refractivity contribution in [3.05, 3.63) is 0 Å². The van der Waals surface area contributed by atoms with Crippen LogP contribution in [-0.2, 0) is 0 Å². The average molecular weight is 292 g/mol. The highest BCUT2D eigenvalue weighted by atomic mass is 32.1. The molecule has 5 fully saturated rings. The van der Waals surface area contributed by atoms with Crippen LogP contribution in [0.15, 0.2) is 0 Å². The van der Waals surface area contributed by atoms with Crippen LogP contribution in [0, 0.1) is 23.2 Å². The van der Waals surface area contributed by atoms with Gasteiger partial charge in [0.1, 0.15) is 0 Å². The zero-order valence-electron chi connectivity index (χ0n) is 12.6. The van der Waals surface area contributed by atoms with Crippen LogP contribution in [0.2, 0.25) is 0 Å².